The van der Waals surface area contributed by atoms with Crippen molar-refractivity contribution < 1.29 is 4.74 Å². The summed E-state index contributed by atoms with van der Waals surface area (Å²) in [5.41, 5.74) is 5.87. The highest BCUT2D eigenvalue weighted by Crippen LogP contribution is 2.32. The Bertz CT molecular complexity index is 1570. The zero-order valence-corrected chi connectivity index (χ0v) is 23.1. The van der Waals surface area contributed by atoms with Crippen LogP contribution in [0.3, 0.4) is 0 Å². The minimum atomic E-state index is 0.502. The van der Waals surface area contributed by atoms with Gasteiger partial charge in [0.2, 0.25) is 5.95 Å². The lowest BCUT2D eigenvalue weighted by Crippen LogP contribution is -2.37. The number of nitrogens with zero attached hydrogens (tertiary/aromatic N) is 6. The zero-order chi connectivity index (χ0) is 27.1. The molecule has 6 rings (SSSR count). The van der Waals surface area contributed by atoms with Crippen molar-refractivity contribution in [2.75, 3.05) is 43.5 Å². The van der Waals surface area contributed by atoms with Crippen molar-refractivity contribution in [3.63, 3.8) is 0 Å². The summed E-state index contributed by atoms with van der Waals surface area (Å²) < 4.78 is 5.47. The summed E-state index contributed by atoms with van der Waals surface area (Å²) in [7, 11) is 0. The maximum absolute atomic E-state index is 5.47. The van der Waals surface area contributed by atoms with Gasteiger partial charge in [-0.3, -0.25) is 4.90 Å². The SMILES string of the molecule is Cc1ncc(-c2cccc(Nc3nc(Nc4cccc(CCN5CCOCC5)c4)ncc3-c3cncnc3)c2)s1. The molecule has 10 heteroatoms. The van der Waals surface area contributed by atoms with Crippen molar-refractivity contribution in [2.45, 2.75) is 13.3 Å². The summed E-state index contributed by atoms with van der Waals surface area (Å²) in [4.78, 5) is 25.8. The first-order chi connectivity index (χ1) is 19.7. The van der Waals surface area contributed by atoms with Crippen LogP contribution in [-0.2, 0) is 11.2 Å². The lowest BCUT2D eigenvalue weighted by Gasteiger charge is -2.26. The molecular formula is C30H30N8OS. The van der Waals surface area contributed by atoms with E-state index in [1.54, 1.807) is 29.9 Å². The van der Waals surface area contributed by atoms with Gasteiger partial charge in [-0.05, 0) is 48.7 Å². The highest BCUT2D eigenvalue weighted by atomic mass is 32.1. The molecule has 5 aromatic rings. The number of ether oxygens (including phenoxy) is 1. The lowest BCUT2D eigenvalue weighted by molar-refractivity contribution is 0.0384. The second-order valence-corrected chi connectivity index (χ2v) is 10.8. The molecule has 0 amide bonds. The molecule has 1 saturated heterocycles. The van der Waals surface area contributed by atoms with E-state index < -0.39 is 0 Å². The van der Waals surface area contributed by atoms with Crippen molar-refractivity contribution in [1.82, 2.24) is 29.8 Å². The predicted molar refractivity (Wildman–Crippen MR) is 159 cm³/mol. The number of anilines is 4. The van der Waals surface area contributed by atoms with Crippen molar-refractivity contribution >= 4 is 34.5 Å². The number of morpholine rings is 1. The van der Waals surface area contributed by atoms with Crippen LogP contribution in [0.2, 0.25) is 0 Å². The number of benzene rings is 2. The van der Waals surface area contributed by atoms with E-state index in [2.05, 4.69) is 65.8 Å². The van der Waals surface area contributed by atoms with Crippen LogP contribution in [-0.4, -0.2) is 62.7 Å². The van der Waals surface area contributed by atoms with Gasteiger partial charge in [0, 0.05) is 66.9 Å². The molecule has 1 aliphatic heterocycles. The van der Waals surface area contributed by atoms with Crippen molar-refractivity contribution in [2.24, 2.45) is 0 Å². The second kappa shape index (κ2) is 12.3. The average molecular weight is 551 g/mol. The molecule has 202 valence electrons. The molecule has 3 aromatic heterocycles. The van der Waals surface area contributed by atoms with Gasteiger partial charge in [0.05, 0.1) is 23.1 Å². The first-order valence-corrected chi connectivity index (χ1v) is 14.1. The van der Waals surface area contributed by atoms with Crippen molar-refractivity contribution in [3.8, 4) is 21.6 Å². The molecule has 9 nitrogen and oxygen atoms in total. The average Bonchev–Trinajstić information content (AvgIpc) is 3.44. The molecule has 0 radical (unpaired) electrons. The smallest absolute Gasteiger partial charge is 0.229 e. The quantitative estimate of drug-likeness (QED) is 0.238. The van der Waals surface area contributed by atoms with Crippen LogP contribution in [0.15, 0.2) is 79.6 Å². The molecule has 1 aliphatic rings. The van der Waals surface area contributed by atoms with Gasteiger partial charge in [0.15, 0.2) is 0 Å². The minimum Gasteiger partial charge on any atom is -0.379 e. The minimum absolute atomic E-state index is 0.502. The van der Waals surface area contributed by atoms with E-state index in [1.165, 1.54) is 11.9 Å². The number of aromatic nitrogens is 5. The molecule has 1 fully saturated rings. The Hall–Kier alpha value is -4.25. The summed E-state index contributed by atoms with van der Waals surface area (Å²) in [6, 6.07) is 16.7. The highest BCUT2D eigenvalue weighted by Gasteiger charge is 2.13. The van der Waals surface area contributed by atoms with E-state index in [0.717, 1.165) is 77.2 Å². The van der Waals surface area contributed by atoms with Gasteiger partial charge in [0.25, 0.3) is 0 Å². The predicted octanol–water partition coefficient (Wildman–Crippen LogP) is 5.73. The Labute approximate surface area is 237 Å². The van der Waals surface area contributed by atoms with Gasteiger partial charge < -0.3 is 15.4 Å². The normalized spacial score (nSPS) is 13.7. The number of nitrogens with one attached hydrogen (secondary N) is 2. The van der Waals surface area contributed by atoms with Crippen molar-refractivity contribution in [3.05, 3.63) is 90.2 Å². The number of aryl methyl sites for hydroxylation is 1. The lowest BCUT2D eigenvalue weighted by atomic mass is 10.1. The van der Waals surface area contributed by atoms with Crippen LogP contribution in [0.4, 0.5) is 23.1 Å². The van der Waals surface area contributed by atoms with Gasteiger partial charge in [0.1, 0.15) is 12.1 Å². The third-order valence-corrected chi connectivity index (χ3v) is 7.66. The molecule has 0 atom stereocenters. The van der Waals surface area contributed by atoms with Gasteiger partial charge in [-0.25, -0.2) is 19.9 Å². The van der Waals surface area contributed by atoms with Crippen LogP contribution >= 0.6 is 11.3 Å². The first kappa shape index (κ1) is 26.0. The Morgan fingerprint density at radius 1 is 0.875 bits per heavy atom. The van der Waals surface area contributed by atoms with E-state index in [0.29, 0.717) is 11.8 Å². The van der Waals surface area contributed by atoms with Crippen LogP contribution in [0.5, 0.6) is 0 Å². The Morgan fingerprint density at radius 3 is 2.48 bits per heavy atom. The van der Waals surface area contributed by atoms with Crippen LogP contribution in [0, 0.1) is 6.92 Å². The third kappa shape index (κ3) is 6.48. The Balaban J connectivity index is 1.24. The summed E-state index contributed by atoms with van der Waals surface area (Å²) in [6.45, 7) is 6.65. The standard InChI is InChI=1S/C30H30N8OS/c1-21-33-19-28(40-21)23-5-3-7-26(15-23)35-29-27(24-16-31-20-32-17-24)18-34-30(37-29)36-25-6-2-4-22(14-25)8-9-38-10-12-39-13-11-38/h2-7,14-20H,8-13H2,1H3,(H2,34,35,36,37). The third-order valence-electron chi connectivity index (χ3n) is 6.69. The van der Waals surface area contributed by atoms with Crippen LogP contribution in [0.25, 0.3) is 21.6 Å². The maximum Gasteiger partial charge on any atom is 0.229 e. The van der Waals surface area contributed by atoms with Crippen molar-refractivity contribution in [1.29, 1.82) is 0 Å². The molecule has 0 bridgehead atoms. The van der Waals surface area contributed by atoms with E-state index in [4.69, 9.17) is 9.72 Å². The first-order valence-electron chi connectivity index (χ1n) is 13.3. The molecular weight excluding hydrogens is 520 g/mol. The topological polar surface area (TPSA) is 101 Å². The molecule has 2 N–H and O–H groups in total. The number of hydrogen-bond donors (Lipinski definition) is 2. The van der Waals surface area contributed by atoms with E-state index in [1.807, 2.05) is 31.3 Å². The van der Waals surface area contributed by atoms with E-state index in [-0.39, 0.29) is 0 Å². The van der Waals surface area contributed by atoms with Crippen LogP contribution < -0.4 is 10.6 Å². The molecule has 2 aromatic carbocycles. The number of hydrogen-bond acceptors (Lipinski definition) is 10. The van der Waals surface area contributed by atoms with Gasteiger partial charge >= 0.3 is 0 Å². The van der Waals surface area contributed by atoms with Gasteiger partial charge in [-0.2, -0.15) is 4.98 Å². The summed E-state index contributed by atoms with van der Waals surface area (Å²) in [5.74, 6) is 1.16. The molecule has 40 heavy (non-hydrogen) atoms. The largest absolute Gasteiger partial charge is 0.379 e. The summed E-state index contributed by atoms with van der Waals surface area (Å²) in [6.07, 6.45) is 9.73. The van der Waals surface area contributed by atoms with Crippen LogP contribution in [0.1, 0.15) is 10.6 Å². The molecule has 0 spiro atoms. The molecule has 0 saturated carbocycles. The van der Waals surface area contributed by atoms with E-state index >= 15 is 0 Å². The Morgan fingerprint density at radius 2 is 1.68 bits per heavy atom. The second-order valence-electron chi connectivity index (χ2n) is 9.56. The fourth-order valence-electron chi connectivity index (χ4n) is 4.61. The number of thiazole rings is 1. The molecule has 0 unspecified atom stereocenters. The summed E-state index contributed by atoms with van der Waals surface area (Å²) in [5, 5.41) is 7.94. The van der Waals surface area contributed by atoms with Gasteiger partial charge in [-0.15, -0.1) is 11.3 Å². The molecule has 4 heterocycles. The Kier molecular flexibility index (Phi) is 7.99. The zero-order valence-electron chi connectivity index (χ0n) is 22.2. The fraction of sp³-hybridized carbons (Fsp3) is 0.233. The highest BCUT2D eigenvalue weighted by molar-refractivity contribution is 7.15. The number of rotatable bonds is 9. The van der Waals surface area contributed by atoms with Gasteiger partial charge in [-0.1, -0.05) is 24.3 Å². The maximum atomic E-state index is 5.47. The van der Waals surface area contributed by atoms with E-state index in [9.17, 15) is 0 Å². The molecule has 0 aliphatic carbocycles. The summed E-state index contributed by atoms with van der Waals surface area (Å²) >= 11 is 1.67. The fourth-order valence-corrected chi connectivity index (χ4v) is 5.39. The monoisotopic (exact) mass is 550 g/mol.